The molecule has 1 aliphatic heterocycles. The van der Waals surface area contributed by atoms with Gasteiger partial charge in [0.15, 0.2) is 0 Å². The molecule has 1 saturated heterocycles. The molecule has 1 amide bonds. The standard InChI is InChI=1S/C13H17NO3S/c1-17-11-5-2-4-10(15)12(11)13(16)14-6-3-8-18-9-7-14/h2,4-5,15H,3,6-9H2,1H3. The minimum Gasteiger partial charge on any atom is -0.507 e. The summed E-state index contributed by atoms with van der Waals surface area (Å²) in [7, 11) is 1.50. The SMILES string of the molecule is COc1cccc(O)c1C(=O)N1CCCSCC1. The number of methoxy groups -OCH3 is 1. The minimum atomic E-state index is -0.146. The Bertz CT molecular complexity index is 428. The van der Waals surface area contributed by atoms with Crippen molar-refractivity contribution in [3.8, 4) is 11.5 Å². The highest BCUT2D eigenvalue weighted by Crippen LogP contribution is 2.29. The van der Waals surface area contributed by atoms with Crippen LogP contribution in [0.5, 0.6) is 11.5 Å². The van der Waals surface area contributed by atoms with Crippen LogP contribution in [0.2, 0.25) is 0 Å². The Morgan fingerprint density at radius 3 is 3.00 bits per heavy atom. The van der Waals surface area contributed by atoms with Crippen LogP contribution in [0.1, 0.15) is 16.8 Å². The zero-order chi connectivity index (χ0) is 13.0. The quantitative estimate of drug-likeness (QED) is 0.890. The highest BCUT2D eigenvalue weighted by Gasteiger charge is 2.23. The van der Waals surface area contributed by atoms with E-state index in [4.69, 9.17) is 4.74 Å². The fourth-order valence-corrected chi connectivity index (χ4v) is 2.90. The van der Waals surface area contributed by atoms with Crippen LogP contribution >= 0.6 is 11.8 Å². The molecule has 98 valence electrons. The summed E-state index contributed by atoms with van der Waals surface area (Å²) in [6, 6.07) is 4.88. The first-order chi connectivity index (χ1) is 8.74. The van der Waals surface area contributed by atoms with Gasteiger partial charge in [-0.1, -0.05) is 6.07 Å². The van der Waals surface area contributed by atoms with E-state index in [1.165, 1.54) is 13.2 Å². The number of amides is 1. The fourth-order valence-electron chi connectivity index (χ4n) is 2.01. The predicted octanol–water partition coefficient (Wildman–Crippen LogP) is 1.98. The second-order valence-corrected chi connectivity index (χ2v) is 5.34. The van der Waals surface area contributed by atoms with Crippen LogP contribution in [0, 0.1) is 0 Å². The number of rotatable bonds is 2. The zero-order valence-corrected chi connectivity index (χ0v) is 11.2. The van der Waals surface area contributed by atoms with Gasteiger partial charge in [0, 0.05) is 18.8 Å². The molecule has 0 radical (unpaired) electrons. The Morgan fingerprint density at radius 2 is 2.22 bits per heavy atom. The molecule has 5 heteroatoms. The van der Waals surface area contributed by atoms with Gasteiger partial charge < -0.3 is 14.7 Å². The average Bonchev–Trinajstić information content (AvgIpc) is 2.66. The number of ether oxygens (including phenoxy) is 1. The second kappa shape index (κ2) is 6.00. The first-order valence-corrected chi connectivity index (χ1v) is 7.12. The highest BCUT2D eigenvalue weighted by atomic mass is 32.2. The number of carbonyl (C=O) groups excluding carboxylic acids is 1. The van der Waals surface area contributed by atoms with E-state index in [0.717, 1.165) is 31.0 Å². The number of aromatic hydroxyl groups is 1. The van der Waals surface area contributed by atoms with Crippen molar-refractivity contribution in [2.75, 3.05) is 31.7 Å². The van der Waals surface area contributed by atoms with E-state index in [1.807, 2.05) is 11.8 Å². The van der Waals surface area contributed by atoms with Gasteiger partial charge in [0.1, 0.15) is 17.1 Å². The molecule has 2 rings (SSSR count). The van der Waals surface area contributed by atoms with E-state index in [9.17, 15) is 9.90 Å². The summed E-state index contributed by atoms with van der Waals surface area (Å²) in [6.45, 7) is 1.46. The first-order valence-electron chi connectivity index (χ1n) is 5.97. The molecule has 0 saturated carbocycles. The lowest BCUT2D eigenvalue weighted by molar-refractivity contribution is 0.0762. The van der Waals surface area contributed by atoms with E-state index in [-0.39, 0.29) is 17.2 Å². The van der Waals surface area contributed by atoms with E-state index in [2.05, 4.69) is 0 Å². The minimum absolute atomic E-state index is 0.0174. The van der Waals surface area contributed by atoms with E-state index in [0.29, 0.717) is 5.75 Å². The van der Waals surface area contributed by atoms with Crippen molar-refractivity contribution in [2.45, 2.75) is 6.42 Å². The number of hydrogen-bond acceptors (Lipinski definition) is 4. The summed E-state index contributed by atoms with van der Waals surface area (Å²) in [5.74, 6) is 2.30. The molecule has 0 aromatic heterocycles. The molecule has 18 heavy (non-hydrogen) atoms. The van der Waals surface area contributed by atoms with Gasteiger partial charge in [-0.3, -0.25) is 4.79 Å². The molecule has 1 aliphatic rings. The molecular formula is C13H17NO3S. The normalized spacial score (nSPS) is 16.2. The van der Waals surface area contributed by atoms with Crippen LogP contribution in [-0.2, 0) is 0 Å². The van der Waals surface area contributed by atoms with E-state index >= 15 is 0 Å². The maximum atomic E-state index is 12.4. The summed E-state index contributed by atoms with van der Waals surface area (Å²) in [5.41, 5.74) is 0.270. The lowest BCUT2D eigenvalue weighted by Crippen LogP contribution is -2.33. The average molecular weight is 267 g/mol. The Labute approximate surface area is 111 Å². The lowest BCUT2D eigenvalue weighted by atomic mass is 10.1. The van der Waals surface area contributed by atoms with Crippen molar-refractivity contribution in [1.29, 1.82) is 0 Å². The number of benzene rings is 1. The molecule has 1 aromatic rings. The van der Waals surface area contributed by atoms with Crippen molar-refractivity contribution >= 4 is 17.7 Å². The van der Waals surface area contributed by atoms with Gasteiger partial charge in [-0.2, -0.15) is 11.8 Å². The maximum Gasteiger partial charge on any atom is 0.261 e. The van der Waals surface area contributed by atoms with Crippen molar-refractivity contribution in [3.05, 3.63) is 23.8 Å². The summed E-state index contributed by atoms with van der Waals surface area (Å²) >= 11 is 1.86. The third-order valence-corrected chi connectivity index (χ3v) is 4.00. The van der Waals surface area contributed by atoms with Crippen LogP contribution in [0.3, 0.4) is 0 Å². The van der Waals surface area contributed by atoms with Crippen molar-refractivity contribution < 1.29 is 14.6 Å². The third kappa shape index (κ3) is 2.72. The van der Waals surface area contributed by atoms with Gasteiger partial charge in [0.25, 0.3) is 5.91 Å². The smallest absolute Gasteiger partial charge is 0.261 e. The molecule has 0 atom stereocenters. The van der Waals surface area contributed by atoms with Gasteiger partial charge in [-0.25, -0.2) is 0 Å². The fraction of sp³-hybridized carbons (Fsp3) is 0.462. The van der Waals surface area contributed by atoms with Crippen LogP contribution in [0.15, 0.2) is 18.2 Å². The number of phenolic OH excluding ortho intramolecular Hbond substituents is 1. The molecule has 1 fully saturated rings. The number of thioether (sulfide) groups is 1. The van der Waals surface area contributed by atoms with Gasteiger partial charge in [0.05, 0.1) is 7.11 Å². The largest absolute Gasteiger partial charge is 0.507 e. The number of nitrogens with zero attached hydrogens (tertiary/aromatic N) is 1. The van der Waals surface area contributed by atoms with Gasteiger partial charge >= 0.3 is 0 Å². The third-order valence-electron chi connectivity index (χ3n) is 2.95. The van der Waals surface area contributed by atoms with E-state index in [1.54, 1.807) is 17.0 Å². The van der Waals surface area contributed by atoms with Crippen molar-refractivity contribution in [3.63, 3.8) is 0 Å². The van der Waals surface area contributed by atoms with Crippen molar-refractivity contribution in [1.82, 2.24) is 4.90 Å². The van der Waals surface area contributed by atoms with Crippen LogP contribution < -0.4 is 4.74 Å². The number of phenols is 1. The molecule has 1 N–H and O–H groups in total. The van der Waals surface area contributed by atoms with Crippen LogP contribution in [-0.4, -0.2) is 47.6 Å². The van der Waals surface area contributed by atoms with E-state index < -0.39 is 0 Å². The molecule has 0 aliphatic carbocycles. The number of hydrogen-bond donors (Lipinski definition) is 1. The first kappa shape index (κ1) is 13.1. The molecule has 0 spiro atoms. The molecule has 1 aromatic carbocycles. The van der Waals surface area contributed by atoms with Crippen molar-refractivity contribution in [2.24, 2.45) is 0 Å². The topological polar surface area (TPSA) is 49.8 Å². The van der Waals surface area contributed by atoms with Crippen LogP contribution in [0.4, 0.5) is 0 Å². The molecule has 4 nitrogen and oxygen atoms in total. The second-order valence-electron chi connectivity index (χ2n) is 4.11. The molecule has 0 bridgehead atoms. The molecular weight excluding hydrogens is 250 g/mol. The highest BCUT2D eigenvalue weighted by molar-refractivity contribution is 7.99. The Balaban J connectivity index is 2.27. The molecule has 0 unspecified atom stereocenters. The summed E-state index contributed by atoms with van der Waals surface area (Å²) in [4.78, 5) is 14.2. The van der Waals surface area contributed by atoms with Gasteiger partial charge in [0.2, 0.25) is 0 Å². The lowest BCUT2D eigenvalue weighted by Gasteiger charge is -2.21. The summed E-state index contributed by atoms with van der Waals surface area (Å²) in [5, 5.41) is 9.86. The van der Waals surface area contributed by atoms with Gasteiger partial charge in [-0.15, -0.1) is 0 Å². The molecule has 1 heterocycles. The summed E-state index contributed by atoms with van der Waals surface area (Å²) in [6.07, 6.45) is 0.992. The predicted molar refractivity (Wildman–Crippen MR) is 72.5 cm³/mol. The maximum absolute atomic E-state index is 12.4. The Morgan fingerprint density at radius 1 is 1.39 bits per heavy atom. The Kier molecular flexibility index (Phi) is 4.36. The van der Waals surface area contributed by atoms with Gasteiger partial charge in [-0.05, 0) is 24.3 Å². The van der Waals surface area contributed by atoms with Crippen LogP contribution in [0.25, 0.3) is 0 Å². The number of carbonyl (C=O) groups is 1. The summed E-state index contributed by atoms with van der Waals surface area (Å²) < 4.78 is 5.16. The monoisotopic (exact) mass is 267 g/mol. The zero-order valence-electron chi connectivity index (χ0n) is 10.4. The Hall–Kier alpha value is -1.36.